The second-order valence-electron chi connectivity index (χ2n) is 5.10. The predicted octanol–water partition coefficient (Wildman–Crippen LogP) is 2.03. The molecule has 1 aliphatic rings. The molecular weight excluding hydrogens is 287 g/mol. The molecule has 0 spiro atoms. The molecule has 0 atom stereocenters. The summed E-state index contributed by atoms with van der Waals surface area (Å²) >= 11 is 12.1. The lowest BCUT2D eigenvalue weighted by molar-refractivity contribution is -0.136. The Morgan fingerprint density at radius 2 is 1.95 bits per heavy atom. The summed E-state index contributed by atoms with van der Waals surface area (Å²) in [5.41, 5.74) is 5.00. The molecule has 1 aromatic rings. The van der Waals surface area contributed by atoms with Crippen LogP contribution >= 0.6 is 23.2 Å². The van der Waals surface area contributed by atoms with E-state index >= 15 is 0 Å². The molecule has 2 heterocycles. The van der Waals surface area contributed by atoms with Gasteiger partial charge in [0.1, 0.15) is 11.4 Å². The Bertz CT molecular complexity index is 533. The second-order valence-corrected chi connectivity index (χ2v) is 5.91. The number of nitrogens with zero attached hydrogens (tertiary/aromatic N) is 3. The molecule has 0 aliphatic carbocycles. The Labute approximate surface area is 122 Å². The number of nitrogens with two attached hydrogens (primary N) is 1. The van der Waals surface area contributed by atoms with Crippen molar-refractivity contribution in [2.45, 2.75) is 19.4 Å². The Morgan fingerprint density at radius 3 is 2.58 bits per heavy atom. The average Bonchev–Trinajstić information content (AvgIpc) is 2.32. The molecule has 1 amide bonds. The van der Waals surface area contributed by atoms with Gasteiger partial charge in [-0.15, -0.1) is 0 Å². The highest BCUT2D eigenvalue weighted by Crippen LogP contribution is 2.35. The number of halogens is 2. The van der Waals surface area contributed by atoms with E-state index in [2.05, 4.69) is 4.98 Å². The number of hydrogen-bond acceptors (Lipinski definition) is 4. The summed E-state index contributed by atoms with van der Waals surface area (Å²) in [5, 5.41) is 0.705. The van der Waals surface area contributed by atoms with Crippen LogP contribution in [-0.2, 0) is 4.79 Å². The molecule has 104 valence electrons. The molecule has 2 N–H and O–H groups in total. The molecule has 0 unspecified atom stereocenters. The molecular formula is C12H16Cl2N4O. The van der Waals surface area contributed by atoms with Crippen molar-refractivity contribution < 1.29 is 4.79 Å². The van der Waals surface area contributed by atoms with Gasteiger partial charge in [0.05, 0.1) is 10.0 Å². The van der Waals surface area contributed by atoms with E-state index in [4.69, 9.17) is 28.9 Å². The summed E-state index contributed by atoms with van der Waals surface area (Å²) in [6, 6.07) is 1.56. The van der Waals surface area contributed by atoms with Crippen molar-refractivity contribution in [2.75, 3.05) is 30.8 Å². The maximum absolute atomic E-state index is 12.2. The van der Waals surface area contributed by atoms with Gasteiger partial charge in [0, 0.05) is 20.1 Å². The van der Waals surface area contributed by atoms with Gasteiger partial charge in [-0.2, -0.15) is 0 Å². The minimum Gasteiger partial charge on any atom is -0.382 e. The molecule has 1 saturated heterocycles. The van der Waals surface area contributed by atoms with Crippen LogP contribution in [0.5, 0.6) is 0 Å². The van der Waals surface area contributed by atoms with Gasteiger partial charge in [0.15, 0.2) is 5.82 Å². The highest BCUT2D eigenvalue weighted by Gasteiger charge is 2.42. The van der Waals surface area contributed by atoms with Crippen LogP contribution in [0.3, 0.4) is 0 Å². The van der Waals surface area contributed by atoms with E-state index in [0.29, 0.717) is 29.0 Å². The number of anilines is 2. The van der Waals surface area contributed by atoms with Gasteiger partial charge in [0.25, 0.3) is 0 Å². The van der Waals surface area contributed by atoms with Crippen molar-refractivity contribution in [2.24, 2.45) is 0 Å². The first-order valence-electron chi connectivity index (χ1n) is 5.90. The molecule has 5 nitrogen and oxygen atoms in total. The van der Waals surface area contributed by atoms with Gasteiger partial charge in [0.2, 0.25) is 5.91 Å². The number of amides is 1. The molecule has 1 fully saturated rings. The highest BCUT2D eigenvalue weighted by atomic mass is 35.5. The van der Waals surface area contributed by atoms with E-state index in [1.807, 2.05) is 18.7 Å². The number of carbonyl (C=O) groups excluding carboxylic acids is 1. The molecule has 0 saturated carbocycles. The molecule has 2 rings (SSSR count). The molecule has 7 heteroatoms. The number of hydrogen-bond donors (Lipinski definition) is 1. The molecule has 1 aliphatic heterocycles. The number of carbonyl (C=O) groups is 1. The van der Waals surface area contributed by atoms with E-state index < -0.39 is 5.54 Å². The predicted molar refractivity (Wildman–Crippen MR) is 77.7 cm³/mol. The Hall–Kier alpha value is -1.20. The summed E-state index contributed by atoms with van der Waals surface area (Å²) in [6.45, 7) is 4.94. The van der Waals surface area contributed by atoms with Crippen molar-refractivity contribution in [3.63, 3.8) is 0 Å². The standard InChI is InChI=1S/C12H16Cl2N4O/c1-12(2)11(19)17(3)4-5-18(12)10-8(14)6-7(13)9(15)16-10/h6H,4-5H2,1-3H3,(H2,15,16). The van der Waals surface area contributed by atoms with Crippen LogP contribution in [0.2, 0.25) is 10.0 Å². The summed E-state index contributed by atoms with van der Waals surface area (Å²) in [5.74, 6) is 0.725. The van der Waals surface area contributed by atoms with Gasteiger partial charge in [-0.1, -0.05) is 23.2 Å². The van der Waals surface area contributed by atoms with Crippen LogP contribution in [0, 0.1) is 0 Å². The minimum atomic E-state index is -0.718. The zero-order chi connectivity index (χ0) is 14.4. The van der Waals surface area contributed by atoms with E-state index in [1.165, 1.54) is 0 Å². The fraction of sp³-hybridized carbons (Fsp3) is 0.500. The maximum atomic E-state index is 12.2. The molecule has 0 radical (unpaired) electrons. The SMILES string of the molecule is CN1CCN(c2nc(N)c(Cl)cc2Cl)C(C)(C)C1=O. The molecule has 1 aromatic heterocycles. The number of rotatable bonds is 1. The van der Waals surface area contributed by atoms with Crippen LogP contribution in [0.1, 0.15) is 13.8 Å². The quantitative estimate of drug-likeness (QED) is 0.862. The summed E-state index contributed by atoms with van der Waals surface area (Å²) in [6.07, 6.45) is 0. The third kappa shape index (κ3) is 2.32. The van der Waals surface area contributed by atoms with Crippen LogP contribution < -0.4 is 10.6 Å². The first-order chi connectivity index (χ1) is 8.75. The van der Waals surface area contributed by atoms with Gasteiger partial charge in [-0.3, -0.25) is 4.79 Å². The van der Waals surface area contributed by atoms with Crippen molar-refractivity contribution in [1.82, 2.24) is 9.88 Å². The number of nitrogen functional groups attached to an aromatic ring is 1. The average molecular weight is 303 g/mol. The van der Waals surface area contributed by atoms with Crippen molar-refractivity contribution in [3.8, 4) is 0 Å². The third-order valence-corrected chi connectivity index (χ3v) is 3.98. The number of pyridine rings is 1. The van der Waals surface area contributed by atoms with Crippen molar-refractivity contribution in [1.29, 1.82) is 0 Å². The summed E-state index contributed by atoms with van der Waals surface area (Å²) < 4.78 is 0. The van der Waals surface area contributed by atoms with Crippen molar-refractivity contribution >= 4 is 40.7 Å². The second kappa shape index (κ2) is 4.72. The van der Waals surface area contributed by atoms with Crippen LogP contribution in [-0.4, -0.2) is 41.5 Å². The fourth-order valence-corrected chi connectivity index (χ4v) is 2.70. The lowest BCUT2D eigenvalue weighted by Gasteiger charge is -2.45. The zero-order valence-corrected chi connectivity index (χ0v) is 12.6. The first kappa shape index (κ1) is 14.2. The highest BCUT2D eigenvalue weighted by molar-refractivity contribution is 6.37. The van der Waals surface area contributed by atoms with Crippen molar-refractivity contribution in [3.05, 3.63) is 16.1 Å². The lowest BCUT2D eigenvalue weighted by atomic mass is 9.98. The number of aromatic nitrogens is 1. The van der Waals surface area contributed by atoms with Crippen LogP contribution in [0.4, 0.5) is 11.6 Å². The van der Waals surface area contributed by atoms with Gasteiger partial charge in [-0.25, -0.2) is 4.98 Å². The van der Waals surface area contributed by atoms with Gasteiger partial charge in [-0.05, 0) is 19.9 Å². The van der Waals surface area contributed by atoms with E-state index in [0.717, 1.165) is 0 Å². The van der Waals surface area contributed by atoms with E-state index in [1.54, 1.807) is 18.0 Å². The normalized spacial score (nSPS) is 18.9. The fourth-order valence-electron chi connectivity index (χ4n) is 2.24. The molecule has 0 aromatic carbocycles. The Balaban J connectivity index is 2.47. The van der Waals surface area contributed by atoms with Gasteiger partial charge >= 0.3 is 0 Å². The molecule has 0 bridgehead atoms. The minimum absolute atomic E-state index is 0.0186. The zero-order valence-electron chi connectivity index (χ0n) is 11.1. The van der Waals surface area contributed by atoms with Gasteiger partial charge < -0.3 is 15.5 Å². The van der Waals surface area contributed by atoms with E-state index in [9.17, 15) is 4.79 Å². The largest absolute Gasteiger partial charge is 0.382 e. The monoisotopic (exact) mass is 302 g/mol. The van der Waals surface area contributed by atoms with Crippen LogP contribution in [0.15, 0.2) is 6.07 Å². The van der Waals surface area contributed by atoms with E-state index in [-0.39, 0.29) is 11.7 Å². The van der Waals surface area contributed by atoms with Crippen LogP contribution in [0.25, 0.3) is 0 Å². The first-order valence-corrected chi connectivity index (χ1v) is 6.65. The third-order valence-electron chi connectivity index (χ3n) is 3.40. The lowest BCUT2D eigenvalue weighted by Crippen LogP contribution is -2.62. The number of likely N-dealkylation sites (N-methyl/N-ethyl adjacent to an activating group) is 1. The number of piperazine rings is 1. The smallest absolute Gasteiger partial charge is 0.247 e. The maximum Gasteiger partial charge on any atom is 0.247 e. The summed E-state index contributed by atoms with van der Waals surface area (Å²) in [7, 11) is 1.78. The summed E-state index contributed by atoms with van der Waals surface area (Å²) in [4.78, 5) is 20.0. The Kier molecular flexibility index (Phi) is 3.53. The topological polar surface area (TPSA) is 62.5 Å². The molecule has 19 heavy (non-hydrogen) atoms. The Morgan fingerprint density at radius 1 is 1.32 bits per heavy atom.